The van der Waals surface area contributed by atoms with Crippen LogP contribution in [0.1, 0.15) is 12.8 Å². The Kier molecular flexibility index (Phi) is 4.69. The molecule has 0 saturated heterocycles. The zero-order chi connectivity index (χ0) is 15.4. The first-order valence-electron chi connectivity index (χ1n) is 6.42. The van der Waals surface area contributed by atoms with E-state index < -0.39 is 22.8 Å². The van der Waals surface area contributed by atoms with E-state index in [1.165, 1.54) is 13.2 Å². The first-order valence-corrected chi connectivity index (χ1v) is 6.42. The van der Waals surface area contributed by atoms with Crippen LogP contribution in [0.4, 0.5) is 10.1 Å². The molecule has 8 heteroatoms. The minimum Gasteiger partial charge on any atom is -0.488 e. The van der Waals surface area contributed by atoms with Crippen molar-refractivity contribution in [3.8, 4) is 5.75 Å². The molecule has 0 heterocycles. The maximum atomic E-state index is 13.7. The van der Waals surface area contributed by atoms with E-state index in [1.54, 1.807) is 0 Å². The highest BCUT2D eigenvalue weighted by atomic mass is 19.1. The molecule has 1 fully saturated rings. The van der Waals surface area contributed by atoms with Crippen LogP contribution in [0, 0.1) is 15.9 Å². The molecular formula is C13H15FN2O5. The molecule has 1 aliphatic carbocycles. The predicted octanol–water partition coefficient (Wildman–Crippen LogP) is 1.41. The van der Waals surface area contributed by atoms with Crippen LogP contribution in [0.3, 0.4) is 0 Å². The number of esters is 1. The molecule has 1 aromatic carbocycles. The molecule has 1 aromatic rings. The Morgan fingerprint density at radius 1 is 1.57 bits per heavy atom. The molecule has 2 rings (SSSR count). The second-order valence-electron chi connectivity index (χ2n) is 4.70. The summed E-state index contributed by atoms with van der Waals surface area (Å²) in [4.78, 5) is 21.4. The van der Waals surface area contributed by atoms with Crippen LogP contribution < -0.4 is 10.1 Å². The molecule has 114 valence electrons. The van der Waals surface area contributed by atoms with Crippen molar-refractivity contribution in [2.75, 3.05) is 13.7 Å². The van der Waals surface area contributed by atoms with Crippen LogP contribution in [-0.4, -0.2) is 36.7 Å². The Morgan fingerprint density at radius 2 is 2.29 bits per heavy atom. The summed E-state index contributed by atoms with van der Waals surface area (Å²) in [6.07, 6.45) is 1.94. The summed E-state index contributed by atoms with van der Waals surface area (Å²) in [5.74, 6) is -1.49. The van der Waals surface area contributed by atoms with Crippen molar-refractivity contribution in [3.05, 3.63) is 34.1 Å². The maximum Gasteiger partial charge on any atom is 0.326 e. The Balaban J connectivity index is 1.99. The Morgan fingerprint density at radius 3 is 2.81 bits per heavy atom. The van der Waals surface area contributed by atoms with Crippen molar-refractivity contribution in [1.82, 2.24) is 5.32 Å². The summed E-state index contributed by atoms with van der Waals surface area (Å²) in [6.45, 7) is -0.113. The number of ether oxygens (including phenoxy) is 2. The van der Waals surface area contributed by atoms with Crippen LogP contribution in [0.5, 0.6) is 5.75 Å². The lowest BCUT2D eigenvalue weighted by molar-refractivity contribution is -0.385. The van der Waals surface area contributed by atoms with E-state index in [0.29, 0.717) is 0 Å². The number of halogens is 1. The SMILES string of the molecule is COC(=O)C(COc1ccc([N+](=O)[O-])cc1F)NC1CC1. The highest BCUT2D eigenvalue weighted by Crippen LogP contribution is 2.23. The van der Waals surface area contributed by atoms with E-state index in [1.807, 2.05) is 0 Å². The van der Waals surface area contributed by atoms with Gasteiger partial charge in [0.1, 0.15) is 12.6 Å². The van der Waals surface area contributed by atoms with Crippen molar-refractivity contribution < 1.29 is 23.6 Å². The fraction of sp³-hybridized carbons (Fsp3) is 0.462. The molecule has 1 aliphatic rings. The topological polar surface area (TPSA) is 90.7 Å². The number of non-ortho nitro benzene ring substituents is 1. The Labute approximate surface area is 120 Å². The normalized spacial score (nSPS) is 15.3. The van der Waals surface area contributed by atoms with Gasteiger partial charge in [-0.05, 0) is 18.9 Å². The molecule has 0 aliphatic heterocycles. The summed E-state index contributed by atoms with van der Waals surface area (Å²) in [6, 6.07) is 2.63. The number of nitro groups is 1. The molecule has 7 nitrogen and oxygen atoms in total. The van der Waals surface area contributed by atoms with E-state index in [9.17, 15) is 19.3 Å². The summed E-state index contributed by atoms with van der Waals surface area (Å²) in [7, 11) is 1.26. The molecule has 1 N–H and O–H groups in total. The van der Waals surface area contributed by atoms with Crippen molar-refractivity contribution >= 4 is 11.7 Å². The fourth-order valence-corrected chi connectivity index (χ4v) is 1.75. The van der Waals surface area contributed by atoms with Gasteiger partial charge in [0.05, 0.1) is 18.1 Å². The van der Waals surface area contributed by atoms with E-state index in [4.69, 9.17) is 4.74 Å². The molecule has 1 atom stereocenters. The zero-order valence-electron chi connectivity index (χ0n) is 11.4. The van der Waals surface area contributed by atoms with Crippen LogP contribution in [0.2, 0.25) is 0 Å². The number of hydrogen-bond donors (Lipinski definition) is 1. The Hall–Kier alpha value is -2.22. The Bertz CT molecular complexity index is 547. The molecule has 1 unspecified atom stereocenters. The third-order valence-electron chi connectivity index (χ3n) is 3.03. The number of methoxy groups -OCH3 is 1. The lowest BCUT2D eigenvalue weighted by Crippen LogP contribution is -2.43. The van der Waals surface area contributed by atoms with E-state index >= 15 is 0 Å². The monoisotopic (exact) mass is 298 g/mol. The van der Waals surface area contributed by atoms with Gasteiger partial charge in [-0.15, -0.1) is 0 Å². The molecular weight excluding hydrogens is 283 g/mol. The van der Waals surface area contributed by atoms with Gasteiger partial charge in [0.2, 0.25) is 0 Å². The number of nitrogens with one attached hydrogen (secondary N) is 1. The summed E-state index contributed by atoms with van der Waals surface area (Å²) in [5.41, 5.74) is -0.361. The molecule has 1 saturated carbocycles. The van der Waals surface area contributed by atoms with Gasteiger partial charge in [-0.25, -0.2) is 4.39 Å². The quantitative estimate of drug-likeness (QED) is 0.465. The van der Waals surface area contributed by atoms with Crippen molar-refractivity contribution in [1.29, 1.82) is 0 Å². The minimum absolute atomic E-state index is 0.113. The van der Waals surface area contributed by atoms with Gasteiger partial charge in [0.15, 0.2) is 11.6 Å². The van der Waals surface area contributed by atoms with E-state index in [0.717, 1.165) is 25.0 Å². The number of nitrogens with zero attached hydrogens (tertiary/aromatic N) is 1. The second kappa shape index (κ2) is 6.49. The average Bonchev–Trinajstić information content (AvgIpc) is 3.27. The largest absolute Gasteiger partial charge is 0.488 e. The lowest BCUT2D eigenvalue weighted by Gasteiger charge is -2.17. The van der Waals surface area contributed by atoms with E-state index in [-0.39, 0.29) is 24.1 Å². The first kappa shape index (κ1) is 15.2. The first-order chi connectivity index (χ1) is 10.0. The van der Waals surface area contributed by atoms with Crippen LogP contribution in [-0.2, 0) is 9.53 Å². The van der Waals surface area contributed by atoms with Gasteiger partial charge in [-0.2, -0.15) is 0 Å². The molecule has 0 amide bonds. The molecule has 0 spiro atoms. The summed E-state index contributed by atoms with van der Waals surface area (Å²) in [5, 5.41) is 13.5. The van der Waals surface area contributed by atoms with Gasteiger partial charge in [-0.1, -0.05) is 0 Å². The highest BCUT2D eigenvalue weighted by Gasteiger charge is 2.29. The van der Waals surface area contributed by atoms with Gasteiger partial charge in [0.25, 0.3) is 5.69 Å². The van der Waals surface area contributed by atoms with Crippen LogP contribution >= 0.6 is 0 Å². The smallest absolute Gasteiger partial charge is 0.326 e. The van der Waals surface area contributed by atoms with Crippen molar-refractivity contribution in [2.24, 2.45) is 0 Å². The predicted molar refractivity (Wildman–Crippen MR) is 70.5 cm³/mol. The third-order valence-corrected chi connectivity index (χ3v) is 3.03. The fourth-order valence-electron chi connectivity index (χ4n) is 1.75. The molecule has 0 bridgehead atoms. The van der Waals surface area contributed by atoms with Gasteiger partial charge < -0.3 is 9.47 Å². The number of hydrogen-bond acceptors (Lipinski definition) is 6. The molecule has 0 radical (unpaired) electrons. The average molecular weight is 298 g/mol. The van der Waals surface area contributed by atoms with Gasteiger partial charge >= 0.3 is 5.97 Å². The zero-order valence-corrected chi connectivity index (χ0v) is 11.4. The van der Waals surface area contributed by atoms with Crippen LogP contribution in [0.25, 0.3) is 0 Å². The number of benzene rings is 1. The second-order valence-corrected chi connectivity index (χ2v) is 4.70. The lowest BCUT2D eigenvalue weighted by atomic mass is 10.3. The van der Waals surface area contributed by atoms with Crippen molar-refractivity contribution in [2.45, 2.75) is 24.9 Å². The van der Waals surface area contributed by atoms with E-state index in [2.05, 4.69) is 10.1 Å². The standard InChI is InChI=1S/C13H15FN2O5/c1-20-13(17)11(15-8-2-3-8)7-21-12-5-4-9(16(18)19)6-10(12)14/h4-6,8,11,15H,2-3,7H2,1H3. The third kappa shape index (κ3) is 4.12. The van der Waals surface area contributed by atoms with Gasteiger partial charge in [-0.3, -0.25) is 20.2 Å². The molecule has 21 heavy (non-hydrogen) atoms. The summed E-state index contributed by atoms with van der Waals surface area (Å²) < 4.78 is 23.5. The number of carbonyl (C=O) groups is 1. The number of rotatable bonds is 7. The minimum atomic E-state index is -0.848. The van der Waals surface area contributed by atoms with Crippen molar-refractivity contribution in [3.63, 3.8) is 0 Å². The number of carbonyl (C=O) groups excluding carboxylic acids is 1. The van der Waals surface area contributed by atoms with Gasteiger partial charge in [0, 0.05) is 12.1 Å². The highest BCUT2D eigenvalue weighted by molar-refractivity contribution is 5.76. The maximum absolute atomic E-state index is 13.7. The van der Waals surface area contributed by atoms with Crippen LogP contribution in [0.15, 0.2) is 18.2 Å². The number of nitro benzene ring substituents is 1. The molecule has 0 aromatic heterocycles. The summed E-state index contributed by atoms with van der Waals surface area (Å²) >= 11 is 0.